The lowest BCUT2D eigenvalue weighted by Crippen LogP contribution is -2.43. The number of nitrogens with zero attached hydrogens (tertiary/aromatic N) is 2. The summed E-state index contributed by atoms with van der Waals surface area (Å²) >= 11 is 6.16. The van der Waals surface area contributed by atoms with Crippen LogP contribution in [0.5, 0.6) is 0 Å². The number of nitrogens with two attached hydrogens (primary N) is 1. The highest BCUT2D eigenvalue weighted by molar-refractivity contribution is 6.33. The van der Waals surface area contributed by atoms with Crippen molar-refractivity contribution in [2.24, 2.45) is 5.73 Å². The van der Waals surface area contributed by atoms with E-state index in [-0.39, 0.29) is 22.3 Å². The Morgan fingerprint density at radius 3 is 2.52 bits per heavy atom. The van der Waals surface area contributed by atoms with Crippen LogP contribution in [0.2, 0.25) is 5.02 Å². The summed E-state index contributed by atoms with van der Waals surface area (Å²) in [5, 5.41) is 4.46. The molecule has 31 heavy (non-hydrogen) atoms. The van der Waals surface area contributed by atoms with E-state index in [1.807, 2.05) is 17.0 Å². The van der Waals surface area contributed by atoms with Gasteiger partial charge >= 0.3 is 0 Å². The number of primary amides is 1. The molecule has 9 heteroatoms. The Kier molecular flexibility index (Phi) is 5.81. The smallest absolute Gasteiger partial charge is 0.269 e. The maximum Gasteiger partial charge on any atom is 0.269 e. The van der Waals surface area contributed by atoms with Gasteiger partial charge in [-0.15, -0.1) is 0 Å². The van der Waals surface area contributed by atoms with Gasteiger partial charge in [-0.25, -0.2) is 9.40 Å². The molecule has 0 spiro atoms. The van der Waals surface area contributed by atoms with Crippen molar-refractivity contribution in [3.05, 3.63) is 82.5 Å². The Morgan fingerprint density at radius 2 is 1.90 bits per heavy atom. The fraction of sp³-hybridized carbons (Fsp3) is 0.182. The maximum atomic E-state index is 14.4. The molecule has 1 fully saturated rings. The first-order valence-corrected chi connectivity index (χ1v) is 10.2. The quantitative estimate of drug-likeness (QED) is 0.641. The molecule has 0 unspecified atom stereocenters. The van der Waals surface area contributed by atoms with Gasteiger partial charge in [0.15, 0.2) is 5.70 Å². The lowest BCUT2D eigenvalue weighted by Gasteiger charge is -2.31. The largest absolute Gasteiger partial charge is 0.364 e. The van der Waals surface area contributed by atoms with Gasteiger partial charge in [0.05, 0.1) is 17.1 Å². The third kappa shape index (κ3) is 4.34. The van der Waals surface area contributed by atoms with Gasteiger partial charge in [0, 0.05) is 25.0 Å². The average molecular weight is 442 g/mol. The van der Waals surface area contributed by atoms with Crippen molar-refractivity contribution in [2.45, 2.75) is 12.8 Å². The molecule has 2 aromatic carbocycles. The summed E-state index contributed by atoms with van der Waals surface area (Å²) in [6, 6.07) is 11.5. The fourth-order valence-electron chi connectivity index (χ4n) is 3.40. The Bertz CT molecular complexity index is 1060. The van der Waals surface area contributed by atoms with E-state index < -0.39 is 11.7 Å². The zero-order valence-electron chi connectivity index (χ0n) is 16.6. The first-order chi connectivity index (χ1) is 14.9. The Balaban J connectivity index is 1.57. The summed E-state index contributed by atoms with van der Waals surface area (Å²) in [4.78, 5) is 26.2. The van der Waals surface area contributed by atoms with Gasteiger partial charge < -0.3 is 21.4 Å². The van der Waals surface area contributed by atoms with Crippen molar-refractivity contribution < 1.29 is 14.0 Å². The number of halogens is 2. The monoisotopic (exact) mass is 441 g/mol. The van der Waals surface area contributed by atoms with Crippen molar-refractivity contribution >= 4 is 34.8 Å². The Morgan fingerprint density at radius 1 is 1.16 bits per heavy atom. The van der Waals surface area contributed by atoms with Crippen molar-refractivity contribution in [2.75, 3.05) is 23.4 Å². The molecule has 2 aliphatic rings. The summed E-state index contributed by atoms with van der Waals surface area (Å²) in [7, 11) is 0. The molecule has 1 saturated heterocycles. The van der Waals surface area contributed by atoms with Crippen LogP contribution < -0.4 is 21.5 Å². The average Bonchev–Trinajstić information content (AvgIpc) is 2.68. The number of carbonyl (C=O) groups excluding carboxylic acids is 2. The second-order valence-electron chi connectivity index (χ2n) is 7.23. The van der Waals surface area contributed by atoms with Crippen LogP contribution in [0.4, 0.5) is 15.8 Å². The highest BCUT2D eigenvalue weighted by Crippen LogP contribution is 2.32. The lowest BCUT2D eigenvalue weighted by molar-refractivity contribution is -0.133. The van der Waals surface area contributed by atoms with Crippen molar-refractivity contribution in [1.82, 2.24) is 10.3 Å². The second-order valence-corrected chi connectivity index (χ2v) is 7.63. The second kappa shape index (κ2) is 8.69. The summed E-state index contributed by atoms with van der Waals surface area (Å²) in [5.41, 5.74) is 10.3. The molecule has 0 radical (unpaired) electrons. The predicted octanol–water partition coefficient (Wildman–Crippen LogP) is 2.90. The van der Waals surface area contributed by atoms with Crippen LogP contribution in [0.15, 0.2) is 66.1 Å². The van der Waals surface area contributed by atoms with E-state index >= 15 is 0 Å². The molecule has 4 rings (SSSR count). The van der Waals surface area contributed by atoms with Crippen LogP contribution in [-0.2, 0) is 16.0 Å². The third-order valence-corrected chi connectivity index (χ3v) is 5.43. The molecule has 160 valence electrons. The normalized spacial score (nSPS) is 15.4. The van der Waals surface area contributed by atoms with E-state index in [0.717, 1.165) is 25.1 Å². The minimum atomic E-state index is -0.768. The number of rotatable bonds is 6. The van der Waals surface area contributed by atoms with Crippen LogP contribution in [-0.4, -0.2) is 29.8 Å². The molecule has 2 aromatic rings. The first-order valence-electron chi connectivity index (χ1n) is 9.78. The number of benzene rings is 2. The molecule has 2 amide bonds. The number of anilines is 2. The molecular weight excluding hydrogens is 421 g/mol. The minimum Gasteiger partial charge on any atom is -0.364 e. The van der Waals surface area contributed by atoms with Crippen LogP contribution in [0, 0.1) is 5.82 Å². The van der Waals surface area contributed by atoms with Crippen LogP contribution in [0.3, 0.4) is 0 Å². The van der Waals surface area contributed by atoms with E-state index in [9.17, 15) is 14.0 Å². The minimum absolute atomic E-state index is 0.00605. The maximum absolute atomic E-state index is 14.4. The van der Waals surface area contributed by atoms with Gasteiger partial charge in [-0.1, -0.05) is 29.8 Å². The molecule has 2 heterocycles. The van der Waals surface area contributed by atoms with Crippen molar-refractivity contribution in [3.63, 3.8) is 0 Å². The van der Waals surface area contributed by atoms with Gasteiger partial charge in [-0.2, -0.15) is 0 Å². The Labute approximate surface area is 183 Å². The molecule has 2 aliphatic heterocycles. The van der Waals surface area contributed by atoms with Crippen molar-refractivity contribution in [3.8, 4) is 0 Å². The lowest BCUT2D eigenvalue weighted by atomic mass is 10.1. The molecule has 0 saturated carbocycles. The number of amides is 2. The highest BCUT2D eigenvalue weighted by Gasteiger charge is 2.27. The van der Waals surface area contributed by atoms with E-state index in [1.165, 1.54) is 29.4 Å². The molecule has 0 bridgehead atoms. The summed E-state index contributed by atoms with van der Waals surface area (Å²) in [6.45, 7) is 1.65. The van der Waals surface area contributed by atoms with E-state index in [0.29, 0.717) is 17.8 Å². The van der Waals surface area contributed by atoms with E-state index in [1.54, 1.807) is 18.2 Å². The third-order valence-electron chi connectivity index (χ3n) is 5.12. The number of carbonyl (C=O) groups is 2. The number of hydrazine groups is 1. The number of hydrogen-bond donors (Lipinski definition) is 3. The SMILES string of the molecule is NC(=O)C1=C(Nc2ccc(CC(=O)N3CCC3)cc2)C=CNN1c1c(F)cccc1Cl. The van der Waals surface area contributed by atoms with Gasteiger partial charge in [0.1, 0.15) is 11.5 Å². The van der Waals surface area contributed by atoms with Crippen LogP contribution in [0.1, 0.15) is 12.0 Å². The zero-order valence-corrected chi connectivity index (χ0v) is 17.3. The van der Waals surface area contributed by atoms with Gasteiger partial charge in [-0.3, -0.25) is 9.59 Å². The number of likely N-dealkylation sites (tertiary alicyclic amines) is 1. The standard InChI is InChI=1S/C22H21ClFN5O2/c23-16-3-1-4-17(24)20(16)29-21(22(25)31)18(9-10-26-29)27-15-7-5-14(6-8-15)13-19(30)28-11-2-12-28/h1,3-10,26-27H,2,11-13H2,(H2,25,31). The fourth-order valence-corrected chi connectivity index (χ4v) is 3.64. The van der Waals surface area contributed by atoms with Crippen LogP contribution in [0.25, 0.3) is 0 Å². The molecule has 0 atom stereocenters. The highest BCUT2D eigenvalue weighted by atomic mass is 35.5. The van der Waals surface area contributed by atoms with Crippen molar-refractivity contribution in [1.29, 1.82) is 0 Å². The molecular formula is C22H21ClFN5O2. The summed E-state index contributed by atoms with van der Waals surface area (Å²) in [5.74, 6) is -1.26. The topological polar surface area (TPSA) is 90.7 Å². The van der Waals surface area contributed by atoms with Gasteiger partial charge in [0.2, 0.25) is 5.91 Å². The van der Waals surface area contributed by atoms with E-state index in [4.69, 9.17) is 17.3 Å². The van der Waals surface area contributed by atoms with E-state index in [2.05, 4.69) is 10.7 Å². The molecule has 0 aromatic heterocycles. The number of nitrogens with one attached hydrogen (secondary N) is 2. The zero-order chi connectivity index (χ0) is 22.0. The van der Waals surface area contributed by atoms with Gasteiger partial charge in [0.25, 0.3) is 5.91 Å². The number of allylic oxidation sites excluding steroid dienone is 1. The molecule has 4 N–H and O–H groups in total. The van der Waals surface area contributed by atoms with Gasteiger partial charge in [-0.05, 0) is 42.3 Å². The number of para-hydroxylation sites is 1. The summed E-state index contributed by atoms with van der Waals surface area (Å²) in [6.07, 6.45) is 4.56. The Hall–Kier alpha value is -3.52. The molecule has 0 aliphatic carbocycles. The number of hydrogen-bond acceptors (Lipinski definition) is 5. The summed E-state index contributed by atoms with van der Waals surface area (Å²) < 4.78 is 14.4. The first kappa shape index (κ1) is 20.7. The molecule has 7 nitrogen and oxygen atoms in total. The van der Waals surface area contributed by atoms with Crippen LogP contribution >= 0.6 is 11.6 Å². The predicted molar refractivity (Wildman–Crippen MR) is 117 cm³/mol.